The molecule has 0 saturated carbocycles. The lowest BCUT2D eigenvalue weighted by Gasteiger charge is -2.18. The number of hydrogen-bond acceptors (Lipinski definition) is 6. The number of unbranched alkanes of at least 4 members (excludes halogenated alkanes) is 8. The first-order chi connectivity index (χ1) is 35.0. The Kier molecular flexibility index (Phi) is 53.1. The van der Waals surface area contributed by atoms with E-state index in [0.717, 1.165) is 122 Å². The van der Waals surface area contributed by atoms with E-state index in [9.17, 15) is 14.4 Å². The van der Waals surface area contributed by atoms with Crippen molar-refractivity contribution >= 4 is 17.9 Å². The molecule has 0 spiro atoms. The summed E-state index contributed by atoms with van der Waals surface area (Å²) in [6.07, 6.45) is 85.2. The molecule has 0 N–H and O–H groups in total. The lowest BCUT2D eigenvalue weighted by atomic mass is 10.1. The van der Waals surface area contributed by atoms with E-state index in [4.69, 9.17) is 14.2 Å². The summed E-state index contributed by atoms with van der Waals surface area (Å²) in [6, 6.07) is 0. The van der Waals surface area contributed by atoms with E-state index in [-0.39, 0.29) is 38.0 Å². The highest BCUT2D eigenvalue weighted by molar-refractivity contribution is 5.71. The Morgan fingerprint density at radius 3 is 0.915 bits per heavy atom. The van der Waals surface area contributed by atoms with Crippen LogP contribution in [0.5, 0.6) is 0 Å². The maximum atomic E-state index is 12.8. The molecule has 6 nitrogen and oxygen atoms in total. The maximum Gasteiger partial charge on any atom is 0.306 e. The highest BCUT2D eigenvalue weighted by Crippen LogP contribution is 2.11. The quantitative estimate of drug-likeness (QED) is 0.0262. The minimum absolute atomic E-state index is 0.130. The van der Waals surface area contributed by atoms with Crippen LogP contribution in [0.3, 0.4) is 0 Å². The van der Waals surface area contributed by atoms with Crippen molar-refractivity contribution in [2.45, 2.75) is 207 Å². The summed E-state index contributed by atoms with van der Waals surface area (Å²) in [6.45, 7) is 6.23. The summed E-state index contributed by atoms with van der Waals surface area (Å²) >= 11 is 0. The Balaban J connectivity index is 4.44. The number of hydrogen-bond donors (Lipinski definition) is 0. The zero-order valence-corrected chi connectivity index (χ0v) is 44.9. The second kappa shape index (κ2) is 57.3. The van der Waals surface area contributed by atoms with Crippen molar-refractivity contribution < 1.29 is 28.6 Å². The fourth-order valence-electron chi connectivity index (χ4n) is 6.66. The van der Waals surface area contributed by atoms with Gasteiger partial charge in [-0.2, -0.15) is 0 Å². The van der Waals surface area contributed by atoms with Crippen LogP contribution in [0, 0.1) is 0 Å². The normalized spacial score (nSPS) is 13.5. The number of esters is 3. The number of rotatable bonds is 47. The SMILES string of the molecule is CC/C=C\C/C=C\C/C=C\C/C=C\C/C=C\C/C=C\C/C=C\C/C=C\CCCCC(=O)OCC(COC(=O)CCCCCCCCC)OC(=O)CC/C=C\C/C=C\C/C=C\C/C=C\C/C=C\C/C=C\CC. The van der Waals surface area contributed by atoms with Gasteiger partial charge in [0.1, 0.15) is 13.2 Å². The molecule has 0 aliphatic rings. The summed E-state index contributed by atoms with van der Waals surface area (Å²) < 4.78 is 16.6. The molecule has 0 aromatic heterocycles. The van der Waals surface area contributed by atoms with Gasteiger partial charge in [0.2, 0.25) is 0 Å². The molecule has 0 rings (SSSR count). The summed E-state index contributed by atoms with van der Waals surface area (Å²) in [5.41, 5.74) is 0. The van der Waals surface area contributed by atoms with Crippen LogP contribution in [0.2, 0.25) is 0 Å². The third-order valence-electron chi connectivity index (χ3n) is 10.7. The molecule has 0 heterocycles. The van der Waals surface area contributed by atoms with E-state index in [2.05, 4.69) is 179 Å². The second-order valence-electron chi connectivity index (χ2n) is 17.4. The van der Waals surface area contributed by atoms with Gasteiger partial charge in [-0.25, -0.2) is 0 Å². The molecular formula is C65H98O6. The van der Waals surface area contributed by atoms with Gasteiger partial charge in [0.05, 0.1) is 0 Å². The smallest absolute Gasteiger partial charge is 0.306 e. The van der Waals surface area contributed by atoms with E-state index in [0.29, 0.717) is 19.3 Å². The lowest BCUT2D eigenvalue weighted by Crippen LogP contribution is -2.30. The second-order valence-corrected chi connectivity index (χ2v) is 17.4. The van der Waals surface area contributed by atoms with Crippen LogP contribution in [-0.4, -0.2) is 37.2 Å². The average molecular weight is 975 g/mol. The molecule has 71 heavy (non-hydrogen) atoms. The topological polar surface area (TPSA) is 78.9 Å². The van der Waals surface area contributed by atoms with Crippen molar-refractivity contribution in [3.8, 4) is 0 Å². The first kappa shape index (κ1) is 65.8. The molecular weight excluding hydrogens is 877 g/mol. The minimum atomic E-state index is -0.843. The molecule has 0 bridgehead atoms. The Bertz CT molecular complexity index is 1690. The molecule has 0 aromatic carbocycles. The van der Waals surface area contributed by atoms with Crippen molar-refractivity contribution in [3.63, 3.8) is 0 Å². The predicted molar refractivity (Wildman–Crippen MR) is 306 cm³/mol. The molecule has 1 atom stereocenters. The Hall–Kier alpha value is -5.23. The Morgan fingerprint density at radius 2 is 0.577 bits per heavy atom. The van der Waals surface area contributed by atoms with Gasteiger partial charge in [-0.1, -0.05) is 229 Å². The van der Waals surface area contributed by atoms with Gasteiger partial charge in [-0.05, 0) is 122 Å². The van der Waals surface area contributed by atoms with Gasteiger partial charge in [-0.3, -0.25) is 14.4 Å². The molecule has 0 radical (unpaired) electrons. The maximum absolute atomic E-state index is 12.8. The summed E-state index contributed by atoms with van der Waals surface area (Å²) in [4.78, 5) is 37.9. The fourth-order valence-corrected chi connectivity index (χ4v) is 6.66. The summed E-state index contributed by atoms with van der Waals surface area (Å²) in [7, 11) is 0. The fraction of sp³-hybridized carbons (Fsp3) is 0.523. The molecule has 0 fully saturated rings. The van der Waals surface area contributed by atoms with Crippen molar-refractivity contribution in [2.75, 3.05) is 13.2 Å². The molecule has 0 saturated heterocycles. The largest absolute Gasteiger partial charge is 0.462 e. The molecule has 1 unspecified atom stereocenters. The standard InChI is InChI=1S/C65H98O6/c1-4-7-10-13-16-18-20-22-24-26-28-29-30-31-32-33-34-35-37-38-40-42-44-46-49-52-55-58-64(67)70-61-62(60-69-63(66)57-54-51-48-15-12-9-6-3)71-65(68)59-56-53-50-47-45-43-41-39-36-27-25-23-21-19-17-14-11-8-5-2/h7-8,10-11,16-19,22-25,28-29,31-32,34-36,38-40,43-46,50,53,62H,4-6,9,12-15,20-21,26-27,30,33,37,41-42,47-49,51-52,54-61H2,1-3H3/b10-7-,11-8-,18-16-,19-17-,24-22-,25-23-,29-28-,32-31-,35-34-,39-36-,40-38-,45-43-,46-44-,53-50-. The lowest BCUT2D eigenvalue weighted by molar-refractivity contribution is -0.166. The van der Waals surface area contributed by atoms with Crippen LogP contribution in [0.4, 0.5) is 0 Å². The van der Waals surface area contributed by atoms with E-state index in [1.165, 1.54) is 25.7 Å². The number of ether oxygens (including phenoxy) is 3. The molecule has 394 valence electrons. The van der Waals surface area contributed by atoms with Crippen LogP contribution >= 0.6 is 0 Å². The van der Waals surface area contributed by atoms with Gasteiger partial charge < -0.3 is 14.2 Å². The molecule has 0 aromatic rings. The monoisotopic (exact) mass is 975 g/mol. The minimum Gasteiger partial charge on any atom is -0.462 e. The highest BCUT2D eigenvalue weighted by atomic mass is 16.6. The molecule has 0 amide bonds. The Morgan fingerprint density at radius 1 is 0.296 bits per heavy atom. The Labute approximate surface area is 434 Å². The zero-order valence-electron chi connectivity index (χ0n) is 44.9. The molecule has 6 heteroatoms. The average Bonchev–Trinajstić information content (AvgIpc) is 3.37. The predicted octanol–water partition coefficient (Wildman–Crippen LogP) is 18.8. The third-order valence-corrected chi connectivity index (χ3v) is 10.7. The van der Waals surface area contributed by atoms with Crippen molar-refractivity contribution in [1.29, 1.82) is 0 Å². The van der Waals surface area contributed by atoms with Gasteiger partial charge in [-0.15, -0.1) is 0 Å². The van der Waals surface area contributed by atoms with Crippen molar-refractivity contribution in [1.82, 2.24) is 0 Å². The molecule has 0 aliphatic heterocycles. The number of carbonyl (C=O) groups excluding carboxylic acids is 3. The van der Waals surface area contributed by atoms with Crippen molar-refractivity contribution in [3.05, 3.63) is 170 Å². The summed E-state index contributed by atoms with van der Waals surface area (Å²) in [5.74, 6) is -1.08. The van der Waals surface area contributed by atoms with E-state index < -0.39 is 12.1 Å². The molecule has 0 aliphatic carbocycles. The summed E-state index contributed by atoms with van der Waals surface area (Å²) in [5, 5.41) is 0. The van der Waals surface area contributed by atoms with Gasteiger partial charge in [0.15, 0.2) is 6.10 Å². The van der Waals surface area contributed by atoms with Crippen LogP contribution in [-0.2, 0) is 28.6 Å². The van der Waals surface area contributed by atoms with E-state index >= 15 is 0 Å². The van der Waals surface area contributed by atoms with Gasteiger partial charge in [0.25, 0.3) is 0 Å². The van der Waals surface area contributed by atoms with Gasteiger partial charge in [0, 0.05) is 19.3 Å². The van der Waals surface area contributed by atoms with Crippen LogP contribution in [0.1, 0.15) is 201 Å². The van der Waals surface area contributed by atoms with Crippen LogP contribution in [0.15, 0.2) is 170 Å². The highest BCUT2D eigenvalue weighted by Gasteiger charge is 2.19. The van der Waals surface area contributed by atoms with E-state index in [1.54, 1.807) is 0 Å². The third kappa shape index (κ3) is 55.6. The van der Waals surface area contributed by atoms with Gasteiger partial charge >= 0.3 is 17.9 Å². The number of carbonyl (C=O) groups is 3. The number of allylic oxidation sites excluding steroid dienone is 28. The van der Waals surface area contributed by atoms with Crippen LogP contribution in [0.25, 0.3) is 0 Å². The van der Waals surface area contributed by atoms with Crippen molar-refractivity contribution in [2.24, 2.45) is 0 Å². The van der Waals surface area contributed by atoms with E-state index in [1.807, 2.05) is 12.2 Å². The zero-order chi connectivity index (χ0) is 51.4. The first-order valence-electron chi connectivity index (χ1n) is 27.6. The first-order valence-corrected chi connectivity index (χ1v) is 27.6. The van der Waals surface area contributed by atoms with Crippen LogP contribution < -0.4 is 0 Å².